The van der Waals surface area contributed by atoms with Crippen LogP contribution >= 0.6 is 22.9 Å². The normalized spacial score (nSPS) is 15.8. The molecule has 1 unspecified atom stereocenters. The van der Waals surface area contributed by atoms with E-state index in [-0.39, 0.29) is 46.6 Å². The number of esters is 1. The van der Waals surface area contributed by atoms with Gasteiger partial charge in [0, 0.05) is 17.2 Å². The van der Waals surface area contributed by atoms with E-state index in [0.29, 0.717) is 44.3 Å². The molecule has 6 rings (SSSR count). The van der Waals surface area contributed by atoms with Crippen LogP contribution in [0.2, 0.25) is 5.02 Å². The second-order valence-corrected chi connectivity index (χ2v) is 11.1. The highest BCUT2D eigenvalue weighted by molar-refractivity contribution is 7.07. The number of ether oxygens (including phenoxy) is 3. The minimum absolute atomic E-state index is 0.0769. The zero-order valence-electron chi connectivity index (χ0n) is 23.0. The smallest absolute Gasteiger partial charge is 0.338 e. The first-order chi connectivity index (χ1) is 20.8. The van der Waals surface area contributed by atoms with Crippen LogP contribution in [-0.4, -0.2) is 28.9 Å². The summed E-state index contributed by atoms with van der Waals surface area (Å²) in [5.74, 6) is 1.09. The Bertz CT molecular complexity index is 1990. The van der Waals surface area contributed by atoms with Gasteiger partial charge in [0.2, 0.25) is 6.79 Å². The fraction of sp³-hybridized carbons (Fsp3) is 0.233. The van der Waals surface area contributed by atoms with Crippen molar-refractivity contribution in [2.75, 3.05) is 13.4 Å². The van der Waals surface area contributed by atoms with Crippen LogP contribution in [-0.2, 0) is 9.53 Å². The van der Waals surface area contributed by atoms with Crippen LogP contribution in [0.1, 0.15) is 44.1 Å². The molecule has 220 valence electrons. The van der Waals surface area contributed by atoms with Crippen LogP contribution in [0.3, 0.4) is 0 Å². The number of benzene rings is 2. The van der Waals surface area contributed by atoms with Crippen LogP contribution in [0.4, 0.5) is 5.69 Å². The first kappa shape index (κ1) is 28.4. The lowest BCUT2D eigenvalue weighted by Gasteiger charge is -2.25. The molecule has 0 saturated heterocycles. The molecule has 11 nitrogen and oxygen atoms in total. The number of halogens is 1. The summed E-state index contributed by atoms with van der Waals surface area (Å²) in [6.07, 6.45) is 2.78. The molecule has 2 aliphatic heterocycles. The molecule has 4 heterocycles. The monoisotopic (exact) mass is 621 g/mol. The maximum Gasteiger partial charge on any atom is 0.338 e. The van der Waals surface area contributed by atoms with E-state index in [0.717, 1.165) is 17.8 Å². The van der Waals surface area contributed by atoms with Crippen LogP contribution in [0.5, 0.6) is 11.5 Å². The lowest BCUT2D eigenvalue weighted by molar-refractivity contribution is -0.384. The third-order valence-corrected chi connectivity index (χ3v) is 8.14. The Hall–Kier alpha value is -4.68. The SMILES string of the molecule is CCCC1=C(C(=O)OCC)C(c2ccc3c(c2)OCO3)n2c(s/c(=C\c3ccc(-c4ccc(Cl)cc4[N+](=O)[O-])o3)c2=O)=N1. The number of hydrogen-bond acceptors (Lipinski definition) is 10. The molecule has 2 aromatic carbocycles. The first-order valence-corrected chi connectivity index (χ1v) is 14.6. The average Bonchev–Trinajstić information content (AvgIpc) is 3.72. The van der Waals surface area contributed by atoms with Crippen molar-refractivity contribution >= 4 is 40.7 Å². The number of rotatable bonds is 8. The van der Waals surface area contributed by atoms with E-state index in [9.17, 15) is 19.7 Å². The molecule has 0 N–H and O–H groups in total. The van der Waals surface area contributed by atoms with Crippen molar-refractivity contribution in [1.29, 1.82) is 0 Å². The van der Waals surface area contributed by atoms with Crippen molar-refractivity contribution in [1.82, 2.24) is 4.57 Å². The molecule has 0 aliphatic carbocycles. The second-order valence-electron chi connectivity index (χ2n) is 9.65. The number of hydrogen-bond donors (Lipinski definition) is 0. The van der Waals surface area contributed by atoms with Gasteiger partial charge in [-0.2, -0.15) is 0 Å². The maximum atomic E-state index is 14.0. The molecule has 0 bridgehead atoms. The van der Waals surface area contributed by atoms with E-state index in [1.165, 1.54) is 22.8 Å². The summed E-state index contributed by atoms with van der Waals surface area (Å²) in [5, 5.41) is 11.8. The zero-order chi connectivity index (χ0) is 30.2. The molecular weight excluding hydrogens is 598 g/mol. The summed E-state index contributed by atoms with van der Waals surface area (Å²) in [5.41, 5.74) is 1.13. The van der Waals surface area contributed by atoms with Crippen molar-refractivity contribution in [3.63, 3.8) is 0 Å². The van der Waals surface area contributed by atoms with Gasteiger partial charge in [-0.05, 0) is 55.3 Å². The van der Waals surface area contributed by atoms with Gasteiger partial charge < -0.3 is 18.6 Å². The quantitative estimate of drug-likeness (QED) is 0.150. The number of furan rings is 1. The van der Waals surface area contributed by atoms with Crippen LogP contribution in [0.15, 0.2) is 74.0 Å². The number of thiazole rings is 1. The fourth-order valence-corrected chi connectivity index (χ4v) is 6.25. The summed E-state index contributed by atoms with van der Waals surface area (Å²) in [7, 11) is 0. The molecule has 4 aromatic rings. The van der Waals surface area contributed by atoms with Crippen molar-refractivity contribution in [2.45, 2.75) is 32.7 Å². The predicted octanol–water partition coefficient (Wildman–Crippen LogP) is 5.13. The molecule has 0 radical (unpaired) electrons. The van der Waals surface area contributed by atoms with E-state index in [1.807, 2.05) is 6.92 Å². The number of nitro groups is 1. The van der Waals surface area contributed by atoms with Crippen molar-refractivity contribution < 1.29 is 28.3 Å². The Balaban J connectivity index is 1.50. The van der Waals surface area contributed by atoms with Gasteiger partial charge in [0.25, 0.3) is 11.2 Å². The maximum absolute atomic E-state index is 14.0. The fourth-order valence-electron chi connectivity index (χ4n) is 5.09. The Morgan fingerprint density at radius 1 is 1.19 bits per heavy atom. The number of carbonyl (C=O) groups is 1. The Morgan fingerprint density at radius 2 is 2.00 bits per heavy atom. The number of allylic oxidation sites excluding steroid dienone is 1. The lowest BCUT2D eigenvalue weighted by atomic mass is 9.94. The summed E-state index contributed by atoms with van der Waals surface area (Å²) in [6, 6.07) is 12.0. The predicted molar refractivity (Wildman–Crippen MR) is 158 cm³/mol. The van der Waals surface area contributed by atoms with E-state index in [1.54, 1.807) is 43.3 Å². The van der Waals surface area contributed by atoms with E-state index in [2.05, 4.69) is 0 Å². The molecule has 2 aliphatic rings. The summed E-state index contributed by atoms with van der Waals surface area (Å²) >= 11 is 7.11. The summed E-state index contributed by atoms with van der Waals surface area (Å²) in [4.78, 5) is 43.6. The highest BCUT2D eigenvalue weighted by Gasteiger charge is 2.35. The Labute approximate surface area is 253 Å². The second kappa shape index (κ2) is 11.5. The van der Waals surface area contributed by atoms with E-state index in [4.69, 9.17) is 35.2 Å². The third kappa shape index (κ3) is 5.23. The standard InChI is InChI=1S/C30H24ClN3O8S/c1-3-5-20-26(29(36)39-4-2)27(16-6-10-23-24(12-16)41-15-40-23)33-28(35)25(43-30(33)32-20)14-18-8-11-22(42-18)19-9-7-17(31)13-21(19)34(37)38/h6-14,27H,3-5,15H2,1-2H3/b25-14-. The van der Waals surface area contributed by atoms with Crippen molar-refractivity contribution in [2.24, 2.45) is 4.99 Å². The van der Waals surface area contributed by atoms with Gasteiger partial charge in [-0.25, -0.2) is 9.79 Å². The topological polar surface area (TPSA) is 135 Å². The van der Waals surface area contributed by atoms with Crippen LogP contribution in [0, 0.1) is 10.1 Å². The van der Waals surface area contributed by atoms with Crippen molar-refractivity contribution in [3.8, 4) is 22.8 Å². The van der Waals surface area contributed by atoms with Gasteiger partial charge in [0.05, 0.1) is 38.9 Å². The Morgan fingerprint density at radius 3 is 2.77 bits per heavy atom. The average molecular weight is 622 g/mol. The lowest BCUT2D eigenvalue weighted by Crippen LogP contribution is -2.40. The molecule has 2 aromatic heterocycles. The summed E-state index contributed by atoms with van der Waals surface area (Å²) in [6.45, 7) is 3.94. The minimum Gasteiger partial charge on any atom is -0.463 e. The number of nitrogens with zero attached hydrogens (tertiary/aromatic N) is 3. The molecule has 0 fully saturated rings. The number of carbonyl (C=O) groups excluding carboxylic acids is 1. The molecular formula is C30H24ClN3O8S. The molecule has 0 saturated carbocycles. The molecule has 1 atom stereocenters. The van der Waals surface area contributed by atoms with Gasteiger partial charge in [-0.1, -0.05) is 42.3 Å². The highest BCUT2D eigenvalue weighted by Crippen LogP contribution is 2.39. The number of fused-ring (bicyclic) bond motifs is 2. The molecule has 13 heteroatoms. The number of nitro benzene ring substituents is 1. The van der Waals surface area contributed by atoms with E-state index < -0.39 is 16.9 Å². The molecule has 43 heavy (non-hydrogen) atoms. The Kier molecular flexibility index (Phi) is 7.63. The summed E-state index contributed by atoms with van der Waals surface area (Å²) < 4.78 is 24.2. The van der Waals surface area contributed by atoms with Gasteiger partial charge in [-0.15, -0.1) is 0 Å². The zero-order valence-corrected chi connectivity index (χ0v) is 24.6. The van der Waals surface area contributed by atoms with Gasteiger partial charge in [-0.3, -0.25) is 19.5 Å². The molecule has 0 amide bonds. The van der Waals surface area contributed by atoms with Crippen LogP contribution in [0.25, 0.3) is 17.4 Å². The van der Waals surface area contributed by atoms with Gasteiger partial charge in [0.1, 0.15) is 11.5 Å². The number of aromatic nitrogens is 1. The van der Waals surface area contributed by atoms with Gasteiger partial charge >= 0.3 is 5.97 Å². The molecule has 0 spiro atoms. The first-order valence-electron chi connectivity index (χ1n) is 13.4. The minimum atomic E-state index is -0.822. The van der Waals surface area contributed by atoms with Crippen LogP contribution < -0.4 is 24.4 Å². The van der Waals surface area contributed by atoms with E-state index >= 15 is 0 Å². The van der Waals surface area contributed by atoms with Gasteiger partial charge in [0.15, 0.2) is 16.3 Å². The third-order valence-electron chi connectivity index (χ3n) is 6.93. The highest BCUT2D eigenvalue weighted by atomic mass is 35.5. The largest absolute Gasteiger partial charge is 0.463 e. The van der Waals surface area contributed by atoms with Crippen molar-refractivity contribution in [3.05, 3.63) is 106 Å².